The second kappa shape index (κ2) is 5.57. The van der Waals surface area contributed by atoms with Crippen molar-refractivity contribution < 1.29 is 13.2 Å². The van der Waals surface area contributed by atoms with E-state index in [4.69, 9.17) is 0 Å². The lowest BCUT2D eigenvalue weighted by atomic mass is 10.0. The number of carbonyl (C=O) groups excluding carboxylic acids is 1. The number of benzene rings is 1. The lowest BCUT2D eigenvalue weighted by Gasteiger charge is -2.34. The highest BCUT2D eigenvalue weighted by atomic mass is 32.2. The van der Waals surface area contributed by atoms with Crippen LogP contribution in [0.2, 0.25) is 0 Å². The number of piperidine rings is 1. The molecule has 142 valence electrons. The molecule has 1 aromatic carbocycles. The van der Waals surface area contributed by atoms with Crippen molar-refractivity contribution in [3.05, 3.63) is 29.3 Å². The molecule has 0 radical (unpaired) electrons. The zero-order valence-electron chi connectivity index (χ0n) is 16.2. The van der Waals surface area contributed by atoms with Crippen molar-refractivity contribution in [1.82, 2.24) is 4.90 Å². The fraction of sp³-hybridized carbons (Fsp3) is 0.667. The first-order valence-electron chi connectivity index (χ1n) is 9.72. The van der Waals surface area contributed by atoms with E-state index in [1.54, 1.807) is 6.07 Å². The number of sulfone groups is 1. The highest BCUT2D eigenvalue weighted by molar-refractivity contribution is 7.93. The van der Waals surface area contributed by atoms with Gasteiger partial charge in [0.1, 0.15) is 0 Å². The number of hydrogen-bond acceptors (Lipinski definition) is 3. The van der Waals surface area contributed by atoms with Crippen LogP contribution >= 0.6 is 0 Å². The molecule has 26 heavy (non-hydrogen) atoms. The second-order valence-corrected chi connectivity index (χ2v) is 11.4. The van der Waals surface area contributed by atoms with E-state index in [2.05, 4.69) is 13.8 Å². The fourth-order valence-electron chi connectivity index (χ4n) is 5.34. The lowest BCUT2D eigenvalue weighted by Crippen LogP contribution is -2.52. The van der Waals surface area contributed by atoms with Gasteiger partial charge in [-0.3, -0.25) is 4.79 Å². The molecule has 2 aliphatic carbocycles. The molecular weight excluding hydrogens is 346 g/mol. The average Bonchev–Trinajstić information content (AvgIpc) is 3.08. The first-order valence-corrected chi connectivity index (χ1v) is 11.2. The molecule has 0 spiro atoms. The summed E-state index contributed by atoms with van der Waals surface area (Å²) < 4.78 is 26.1. The van der Waals surface area contributed by atoms with E-state index in [1.807, 2.05) is 30.9 Å². The van der Waals surface area contributed by atoms with E-state index >= 15 is 0 Å². The summed E-state index contributed by atoms with van der Waals surface area (Å²) in [6.07, 6.45) is 2.53. The Morgan fingerprint density at radius 3 is 2.23 bits per heavy atom. The fourth-order valence-corrected chi connectivity index (χ4v) is 7.78. The molecule has 1 amide bonds. The summed E-state index contributed by atoms with van der Waals surface area (Å²) in [6, 6.07) is 5.51. The van der Waals surface area contributed by atoms with E-state index in [1.165, 1.54) is 0 Å². The second-order valence-electron chi connectivity index (χ2n) is 9.22. The van der Waals surface area contributed by atoms with Gasteiger partial charge in [-0.1, -0.05) is 38.8 Å². The summed E-state index contributed by atoms with van der Waals surface area (Å²) in [5.41, 5.74) is 1.96. The smallest absolute Gasteiger partial charge is 0.244 e. The van der Waals surface area contributed by atoms with Gasteiger partial charge < -0.3 is 4.90 Å². The quantitative estimate of drug-likeness (QED) is 0.812. The first kappa shape index (κ1) is 18.0. The maximum atomic E-state index is 13.7. The van der Waals surface area contributed by atoms with E-state index in [0.29, 0.717) is 35.0 Å². The molecule has 0 bridgehead atoms. The van der Waals surface area contributed by atoms with Gasteiger partial charge in [0.05, 0.1) is 4.90 Å². The third-order valence-electron chi connectivity index (χ3n) is 7.36. The maximum absolute atomic E-state index is 13.7. The summed E-state index contributed by atoms with van der Waals surface area (Å²) >= 11 is 0. The van der Waals surface area contributed by atoms with E-state index in [0.717, 1.165) is 37.1 Å². The number of likely N-dealkylation sites (tertiary alicyclic amines) is 1. The maximum Gasteiger partial charge on any atom is 0.244 e. The van der Waals surface area contributed by atoms with Crippen LogP contribution in [0.25, 0.3) is 0 Å². The number of rotatable bonds is 3. The van der Waals surface area contributed by atoms with Gasteiger partial charge in [-0.15, -0.1) is 0 Å². The minimum Gasteiger partial charge on any atom is -0.341 e. The normalized spacial score (nSPS) is 28.8. The summed E-state index contributed by atoms with van der Waals surface area (Å²) in [5.74, 6) is 0.931. The molecule has 1 heterocycles. The molecule has 1 saturated heterocycles. The van der Waals surface area contributed by atoms with Crippen LogP contribution in [0.5, 0.6) is 0 Å². The van der Waals surface area contributed by atoms with Gasteiger partial charge in [-0.05, 0) is 61.1 Å². The van der Waals surface area contributed by atoms with Gasteiger partial charge in [0, 0.05) is 13.1 Å². The molecule has 0 N–H and O–H groups in total. The van der Waals surface area contributed by atoms with Gasteiger partial charge >= 0.3 is 0 Å². The van der Waals surface area contributed by atoms with Crippen molar-refractivity contribution in [3.8, 4) is 0 Å². The SMILES string of the molecule is Cc1ccc(C)c(S(=O)(=O)C2(C(=O)N3C[C@H]4[C@H](C3)C4(C)C)CCCC2)c1. The lowest BCUT2D eigenvalue weighted by molar-refractivity contribution is -0.133. The standard InChI is InChI=1S/C21H29NO3S/c1-14-7-8-15(2)18(11-14)26(24,25)21(9-5-6-10-21)19(23)22-12-16-17(13-22)20(16,3)4/h7-8,11,16-17H,5-6,9-10,12-13H2,1-4H3/t16-,17-/m0/s1. The van der Waals surface area contributed by atoms with Crippen LogP contribution in [0.15, 0.2) is 23.1 Å². The zero-order chi connectivity index (χ0) is 18.9. The Hall–Kier alpha value is -1.36. The van der Waals surface area contributed by atoms with Gasteiger partial charge in [0.15, 0.2) is 14.6 Å². The van der Waals surface area contributed by atoms with Gasteiger partial charge in [0.25, 0.3) is 0 Å². The molecule has 1 aromatic rings. The van der Waals surface area contributed by atoms with Gasteiger partial charge in [-0.25, -0.2) is 8.42 Å². The molecule has 2 atom stereocenters. The molecule has 4 nitrogen and oxygen atoms in total. The Balaban J connectivity index is 1.71. The molecule has 2 saturated carbocycles. The van der Waals surface area contributed by atoms with E-state index in [-0.39, 0.29) is 5.91 Å². The molecule has 4 rings (SSSR count). The monoisotopic (exact) mass is 375 g/mol. The Labute approximate surface area is 156 Å². The predicted molar refractivity (Wildman–Crippen MR) is 102 cm³/mol. The van der Waals surface area contributed by atoms with Crippen LogP contribution in [0.1, 0.15) is 50.7 Å². The number of aryl methyl sites for hydroxylation is 2. The van der Waals surface area contributed by atoms with Crippen LogP contribution in [-0.4, -0.2) is 37.1 Å². The van der Waals surface area contributed by atoms with Crippen LogP contribution in [-0.2, 0) is 14.6 Å². The number of nitrogens with zero attached hydrogens (tertiary/aromatic N) is 1. The van der Waals surface area contributed by atoms with Crippen LogP contribution in [0, 0.1) is 31.1 Å². The molecule has 3 fully saturated rings. The third-order valence-corrected chi connectivity index (χ3v) is 9.99. The van der Waals surface area contributed by atoms with Crippen molar-refractivity contribution >= 4 is 15.7 Å². The number of fused-ring (bicyclic) bond motifs is 1. The Morgan fingerprint density at radius 1 is 1.08 bits per heavy atom. The topological polar surface area (TPSA) is 54.5 Å². The van der Waals surface area contributed by atoms with Crippen molar-refractivity contribution in [2.45, 2.75) is 63.0 Å². The van der Waals surface area contributed by atoms with Crippen molar-refractivity contribution in [2.24, 2.45) is 17.3 Å². The number of carbonyl (C=O) groups is 1. The first-order chi connectivity index (χ1) is 12.1. The number of hydrogen-bond donors (Lipinski definition) is 0. The van der Waals surface area contributed by atoms with Crippen molar-refractivity contribution in [3.63, 3.8) is 0 Å². The minimum absolute atomic E-state index is 0.140. The minimum atomic E-state index is -3.71. The van der Waals surface area contributed by atoms with E-state index < -0.39 is 14.6 Å². The largest absolute Gasteiger partial charge is 0.341 e. The average molecular weight is 376 g/mol. The summed E-state index contributed by atoms with van der Waals surface area (Å²) in [4.78, 5) is 15.7. The Morgan fingerprint density at radius 2 is 1.65 bits per heavy atom. The number of amides is 1. The van der Waals surface area contributed by atoms with E-state index in [9.17, 15) is 13.2 Å². The van der Waals surface area contributed by atoms with Crippen molar-refractivity contribution in [1.29, 1.82) is 0 Å². The van der Waals surface area contributed by atoms with Gasteiger partial charge in [0.2, 0.25) is 5.91 Å². The highest BCUT2D eigenvalue weighted by Crippen LogP contribution is 2.62. The Kier molecular flexibility index (Phi) is 3.86. The van der Waals surface area contributed by atoms with Crippen LogP contribution in [0.4, 0.5) is 0 Å². The molecule has 0 unspecified atom stereocenters. The molecule has 5 heteroatoms. The zero-order valence-corrected chi connectivity index (χ0v) is 17.0. The van der Waals surface area contributed by atoms with Gasteiger partial charge in [-0.2, -0.15) is 0 Å². The highest BCUT2D eigenvalue weighted by Gasteiger charge is 2.65. The Bertz CT molecular complexity index is 851. The summed E-state index contributed by atoms with van der Waals surface area (Å²) in [5, 5.41) is 0. The molecule has 3 aliphatic rings. The third kappa shape index (κ3) is 2.32. The predicted octanol–water partition coefficient (Wildman–Crippen LogP) is 3.50. The summed E-state index contributed by atoms with van der Waals surface area (Å²) in [7, 11) is -3.71. The van der Waals surface area contributed by atoms with Crippen molar-refractivity contribution in [2.75, 3.05) is 13.1 Å². The van der Waals surface area contributed by atoms with Crippen LogP contribution in [0.3, 0.4) is 0 Å². The molecule has 0 aromatic heterocycles. The molecular formula is C21H29NO3S. The van der Waals surface area contributed by atoms with Crippen LogP contribution < -0.4 is 0 Å². The molecule has 1 aliphatic heterocycles. The summed E-state index contributed by atoms with van der Waals surface area (Å²) in [6.45, 7) is 9.68.